The van der Waals surface area contributed by atoms with E-state index in [-0.39, 0.29) is 0 Å². The molecule has 0 unspecified atom stereocenters. The lowest BCUT2D eigenvalue weighted by Gasteiger charge is -2.13. The Balaban J connectivity index is 1.88. The number of nitrogens with zero attached hydrogens (tertiary/aromatic N) is 1. The summed E-state index contributed by atoms with van der Waals surface area (Å²) >= 11 is 7.01. The Hall–Kier alpha value is -2.55. The van der Waals surface area contributed by atoms with Crippen molar-refractivity contribution in [2.75, 3.05) is 7.11 Å². The van der Waals surface area contributed by atoms with Crippen molar-refractivity contribution in [3.63, 3.8) is 0 Å². The van der Waals surface area contributed by atoms with E-state index in [9.17, 15) is 5.26 Å². The summed E-state index contributed by atoms with van der Waals surface area (Å²) in [6, 6.07) is 21.9. The Bertz CT molecular complexity index is 1070. The van der Waals surface area contributed by atoms with Gasteiger partial charge < -0.3 is 9.47 Å². The summed E-state index contributed by atoms with van der Waals surface area (Å²) in [6.07, 6.45) is 1.83. The molecular formula is C24H19Br2NO2. The first kappa shape index (κ1) is 21.2. The van der Waals surface area contributed by atoms with Crippen LogP contribution >= 0.6 is 31.9 Å². The van der Waals surface area contributed by atoms with Crippen LogP contribution in [0.3, 0.4) is 0 Å². The molecule has 0 fully saturated rings. The van der Waals surface area contributed by atoms with Gasteiger partial charge in [0.15, 0.2) is 11.5 Å². The average molecular weight is 513 g/mol. The minimum absolute atomic E-state index is 0.445. The summed E-state index contributed by atoms with van der Waals surface area (Å²) < 4.78 is 13.3. The third-order valence-electron chi connectivity index (χ3n) is 4.37. The Kier molecular flexibility index (Phi) is 7.13. The van der Waals surface area contributed by atoms with Crippen LogP contribution in [0.25, 0.3) is 11.6 Å². The highest BCUT2D eigenvalue weighted by molar-refractivity contribution is 9.10. The summed E-state index contributed by atoms with van der Waals surface area (Å²) in [5.41, 5.74) is 4.54. The molecule has 0 atom stereocenters. The molecule has 0 saturated heterocycles. The first-order chi connectivity index (χ1) is 14.0. The highest BCUT2D eigenvalue weighted by Crippen LogP contribution is 2.36. The SMILES string of the molecule is COc1cc(C=C(C#N)c2ccc(Br)cc2)c(Br)cc1OCc1ccc(C)cc1. The lowest BCUT2D eigenvalue weighted by molar-refractivity contribution is 0.284. The van der Waals surface area contributed by atoms with Gasteiger partial charge in [-0.15, -0.1) is 0 Å². The van der Waals surface area contributed by atoms with E-state index in [1.165, 1.54) is 5.56 Å². The van der Waals surface area contributed by atoms with E-state index >= 15 is 0 Å². The van der Waals surface area contributed by atoms with E-state index in [0.717, 1.165) is 25.6 Å². The summed E-state index contributed by atoms with van der Waals surface area (Å²) in [6.45, 7) is 2.50. The maximum Gasteiger partial charge on any atom is 0.162 e. The van der Waals surface area contributed by atoms with E-state index in [1.54, 1.807) is 7.11 Å². The molecule has 0 bridgehead atoms. The van der Waals surface area contributed by atoms with Crippen LogP contribution < -0.4 is 9.47 Å². The molecule has 0 amide bonds. The molecule has 3 aromatic rings. The van der Waals surface area contributed by atoms with Gasteiger partial charge >= 0.3 is 0 Å². The second-order valence-electron chi connectivity index (χ2n) is 6.48. The van der Waals surface area contributed by atoms with Gasteiger partial charge in [-0.25, -0.2) is 0 Å². The molecular weight excluding hydrogens is 494 g/mol. The molecule has 146 valence electrons. The Morgan fingerprint density at radius 3 is 2.31 bits per heavy atom. The molecule has 0 aliphatic carbocycles. The predicted octanol–water partition coefficient (Wildman–Crippen LogP) is 7.17. The van der Waals surface area contributed by atoms with Crippen LogP contribution in [0.5, 0.6) is 11.5 Å². The number of aryl methyl sites for hydroxylation is 1. The molecule has 0 aliphatic heterocycles. The van der Waals surface area contributed by atoms with Crippen LogP contribution in [0.15, 0.2) is 69.6 Å². The van der Waals surface area contributed by atoms with Crippen molar-refractivity contribution in [2.24, 2.45) is 0 Å². The van der Waals surface area contributed by atoms with Crippen molar-refractivity contribution in [1.29, 1.82) is 5.26 Å². The van der Waals surface area contributed by atoms with E-state index in [4.69, 9.17) is 9.47 Å². The van der Waals surface area contributed by atoms with Crippen molar-refractivity contribution in [3.8, 4) is 17.6 Å². The third kappa shape index (κ3) is 5.50. The largest absolute Gasteiger partial charge is 0.493 e. The van der Waals surface area contributed by atoms with Crippen LogP contribution in [-0.4, -0.2) is 7.11 Å². The van der Waals surface area contributed by atoms with Gasteiger partial charge in [-0.1, -0.05) is 73.8 Å². The quantitative estimate of drug-likeness (QED) is 0.259. The molecule has 0 aromatic heterocycles. The highest BCUT2D eigenvalue weighted by Gasteiger charge is 2.11. The lowest BCUT2D eigenvalue weighted by Crippen LogP contribution is -1.98. The number of hydrogen-bond donors (Lipinski definition) is 0. The first-order valence-electron chi connectivity index (χ1n) is 8.94. The Morgan fingerprint density at radius 1 is 1.00 bits per heavy atom. The molecule has 5 heteroatoms. The molecule has 3 aromatic carbocycles. The summed E-state index contributed by atoms with van der Waals surface area (Å²) in [4.78, 5) is 0. The van der Waals surface area contributed by atoms with Gasteiger partial charge in [0.25, 0.3) is 0 Å². The first-order valence-corrected chi connectivity index (χ1v) is 10.5. The third-order valence-corrected chi connectivity index (χ3v) is 5.59. The van der Waals surface area contributed by atoms with E-state index in [1.807, 2.05) is 54.6 Å². The number of ether oxygens (including phenoxy) is 2. The summed E-state index contributed by atoms with van der Waals surface area (Å²) in [7, 11) is 1.61. The normalized spacial score (nSPS) is 11.1. The van der Waals surface area contributed by atoms with Gasteiger partial charge in [-0.05, 0) is 54.0 Å². The smallest absolute Gasteiger partial charge is 0.162 e. The number of allylic oxidation sites excluding steroid dienone is 1. The Morgan fingerprint density at radius 2 is 1.69 bits per heavy atom. The standard InChI is InChI=1S/C24H19Br2NO2/c1-16-3-5-17(6-4-16)15-29-24-13-22(26)19(12-23(24)28-2)11-20(14-27)18-7-9-21(25)10-8-18/h3-13H,15H2,1-2H3. The fourth-order valence-electron chi connectivity index (χ4n) is 2.74. The molecule has 3 nitrogen and oxygen atoms in total. The second-order valence-corrected chi connectivity index (χ2v) is 8.25. The number of halogens is 2. The molecule has 0 radical (unpaired) electrons. The maximum absolute atomic E-state index is 9.61. The molecule has 0 aliphatic rings. The zero-order valence-electron chi connectivity index (χ0n) is 16.1. The Labute approximate surface area is 187 Å². The monoisotopic (exact) mass is 511 g/mol. The zero-order valence-corrected chi connectivity index (χ0v) is 19.2. The van der Waals surface area contributed by atoms with Crippen LogP contribution in [0.2, 0.25) is 0 Å². The minimum Gasteiger partial charge on any atom is -0.493 e. The average Bonchev–Trinajstić information content (AvgIpc) is 2.73. The molecule has 3 rings (SSSR count). The number of hydrogen-bond acceptors (Lipinski definition) is 3. The van der Waals surface area contributed by atoms with Crippen molar-refractivity contribution < 1.29 is 9.47 Å². The van der Waals surface area contributed by atoms with Crippen LogP contribution in [0.4, 0.5) is 0 Å². The van der Waals surface area contributed by atoms with E-state index in [2.05, 4.69) is 57.0 Å². The van der Waals surface area contributed by atoms with Gasteiger partial charge in [0, 0.05) is 8.95 Å². The van der Waals surface area contributed by atoms with Gasteiger partial charge in [-0.2, -0.15) is 5.26 Å². The van der Waals surface area contributed by atoms with Crippen LogP contribution in [0, 0.1) is 18.3 Å². The van der Waals surface area contributed by atoms with E-state index in [0.29, 0.717) is 23.7 Å². The molecule has 0 saturated carbocycles. The molecule has 0 heterocycles. The van der Waals surface area contributed by atoms with Gasteiger partial charge in [0.1, 0.15) is 6.61 Å². The number of methoxy groups -OCH3 is 1. The number of benzene rings is 3. The zero-order chi connectivity index (χ0) is 20.8. The van der Waals surface area contributed by atoms with Gasteiger partial charge in [-0.3, -0.25) is 0 Å². The molecule has 29 heavy (non-hydrogen) atoms. The maximum atomic E-state index is 9.61. The number of rotatable bonds is 6. The highest BCUT2D eigenvalue weighted by atomic mass is 79.9. The fraction of sp³-hybridized carbons (Fsp3) is 0.125. The molecule has 0 spiro atoms. The summed E-state index contributed by atoms with van der Waals surface area (Å²) in [5.74, 6) is 1.25. The minimum atomic E-state index is 0.445. The second kappa shape index (κ2) is 9.78. The van der Waals surface area contributed by atoms with Crippen LogP contribution in [-0.2, 0) is 6.61 Å². The predicted molar refractivity (Wildman–Crippen MR) is 124 cm³/mol. The van der Waals surface area contributed by atoms with Crippen molar-refractivity contribution in [1.82, 2.24) is 0 Å². The molecule has 0 N–H and O–H groups in total. The van der Waals surface area contributed by atoms with Crippen molar-refractivity contribution in [2.45, 2.75) is 13.5 Å². The van der Waals surface area contributed by atoms with Crippen molar-refractivity contribution >= 4 is 43.5 Å². The van der Waals surface area contributed by atoms with Crippen molar-refractivity contribution in [3.05, 3.63) is 91.9 Å². The van der Waals surface area contributed by atoms with E-state index < -0.39 is 0 Å². The van der Waals surface area contributed by atoms with Gasteiger partial charge in [0.2, 0.25) is 0 Å². The number of nitriles is 1. The van der Waals surface area contributed by atoms with Gasteiger partial charge in [0.05, 0.1) is 18.8 Å². The lowest BCUT2D eigenvalue weighted by atomic mass is 10.0. The van der Waals surface area contributed by atoms with Crippen LogP contribution in [0.1, 0.15) is 22.3 Å². The topological polar surface area (TPSA) is 42.2 Å². The summed E-state index contributed by atoms with van der Waals surface area (Å²) in [5, 5.41) is 9.61. The fourth-order valence-corrected chi connectivity index (χ4v) is 3.45.